The van der Waals surface area contributed by atoms with Gasteiger partial charge in [0.05, 0.1) is 13.2 Å². The van der Waals surface area contributed by atoms with E-state index in [9.17, 15) is 15.3 Å². The van der Waals surface area contributed by atoms with E-state index in [4.69, 9.17) is 26.2 Å². The van der Waals surface area contributed by atoms with Gasteiger partial charge in [-0.2, -0.15) is 0 Å². The van der Waals surface area contributed by atoms with Gasteiger partial charge in [-0.1, -0.05) is 41.9 Å². The van der Waals surface area contributed by atoms with E-state index in [1.165, 1.54) is 0 Å². The van der Waals surface area contributed by atoms with Crippen LogP contribution in [0.25, 0.3) is 0 Å². The molecule has 1 heterocycles. The second-order valence-electron chi connectivity index (χ2n) is 4.60. The highest BCUT2D eigenvalue weighted by Gasteiger charge is 2.46. The lowest BCUT2D eigenvalue weighted by Crippen LogP contribution is -2.47. The second kappa shape index (κ2) is 6.36. The summed E-state index contributed by atoms with van der Waals surface area (Å²) in [5, 5.41) is 36.1. The van der Waals surface area contributed by atoms with Crippen molar-refractivity contribution in [2.24, 2.45) is 0 Å². The number of aliphatic hydroxyl groups excluding tert-OH is 4. The molecule has 0 aliphatic carbocycles. The van der Waals surface area contributed by atoms with Crippen LogP contribution >= 0.6 is 11.6 Å². The molecule has 1 aromatic rings. The first-order chi connectivity index (χ1) is 9.48. The minimum Gasteiger partial charge on any atom is -0.394 e. The predicted octanol–water partition coefficient (Wildman–Crippen LogP) is -0.474. The summed E-state index contributed by atoms with van der Waals surface area (Å²) >= 11 is 6.20. The average Bonchev–Trinajstić information content (AvgIpc) is 2.89. The number of ether oxygens (including phenoxy) is 2. The van der Waals surface area contributed by atoms with Gasteiger partial charge >= 0.3 is 0 Å². The van der Waals surface area contributed by atoms with Crippen molar-refractivity contribution in [2.75, 3.05) is 13.2 Å². The zero-order valence-corrected chi connectivity index (χ0v) is 11.3. The highest BCUT2D eigenvalue weighted by molar-refractivity contribution is 6.22. The molecule has 5 atom stereocenters. The Hall–Kier alpha value is -0.730. The van der Waals surface area contributed by atoms with E-state index in [0.29, 0.717) is 5.56 Å². The summed E-state index contributed by atoms with van der Waals surface area (Å²) < 4.78 is 10.8. The van der Waals surface area contributed by atoms with Gasteiger partial charge in [-0.05, 0) is 0 Å². The Balaban J connectivity index is 2.05. The maximum atomic E-state index is 9.91. The molecule has 0 bridgehead atoms. The third kappa shape index (κ3) is 3.12. The number of hydrogen-bond donors (Lipinski definition) is 4. The van der Waals surface area contributed by atoms with Crippen LogP contribution in [0.1, 0.15) is 5.56 Å². The molecule has 2 rings (SSSR count). The molecule has 0 radical (unpaired) electrons. The Kier molecular flexibility index (Phi) is 4.98. The van der Waals surface area contributed by atoms with Crippen LogP contribution in [0, 0.1) is 0 Å². The Morgan fingerprint density at radius 3 is 2.50 bits per heavy atom. The topological polar surface area (TPSA) is 99.4 Å². The van der Waals surface area contributed by atoms with Crippen molar-refractivity contribution < 1.29 is 29.9 Å². The number of benzene rings is 1. The van der Waals surface area contributed by atoms with E-state index in [1.807, 2.05) is 6.07 Å². The van der Waals surface area contributed by atoms with Gasteiger partial charge in [-0.3, -0.25) is 0 Å². The predicted molar refractivity (Wildman–Crippen MR) is 69.9 cm³/mol. The fraction of sp³-hybridized carbons (Fsp3) is 0.538. The molecule has 6 nitrogen and oxygen atoms in total. The van der Waals surface area contributed by atoms with Crippen LogP contribution in [0.5, 0.6) is 0 Å². The van der Waals surface area contributed by atoms with Gasteiger partial charge in [0, 0.05) is 5.56 Å². The molecule has 0 amide bonds. The molecule has 1 fully saturated rings. The van der Waals surface area contributed by atoms with E-state index in [-0.39, 0.29) is 6.61 Å². The van der Waals surface area contributed by atoms with E-state index in [0.717, 1.165) is 0 Å². The van der Waals surface area contributed by atoms with Crippen LogP contribution in [0.4, 0.5) is 0 Å². The largest absolute Gasteiger partial charge is 0.394 e. The molecule has 0 saturated carbocycles. The summed E-state index contributed by atoms with van der Waals surface area (Å²) in [6.07, 6.45) is -5.36. The smallest absolute Gasteiger partial charge is 0.276 e. The lowest BCUT2D eigenvalue weighted by Gasteiger charge is -2.26. The van der Waals surface area contributed by atoms with Crippen molar-refractivity contribution in [2.45, 2.75) is 29.7 Å². The lowest BCUT2D eigenvalue weighted by molar-refractivity contribution is -0.151. The van der Waals surface area contributed by atoms with Crippen molar-refractivity contribution in [1.82, 2.24) is 0 Å². The summed E-state index contributed by atoms with van der Waals surface area (Å²) in [5.74, 6) is 0. The van der Waals surface area contributed by atoms with E-state index in [2.05, 4.69) is 0 Å². The molecular weight excluding hydrogens is 288 g/mol. The first kappa shape index (κ1) is 15.7. The number of halogens is 1. The van der Waals surface area contributed by atoms with Crippen LogP contribution in [-0.2, 0) is 14.7 Å². The number of aliphatic hydroxyl groups is 4. The summed E-state index contributed by atoms with van der Waals surface area (Å²) in [5.41, 5.74) is 0.563. The summed E-state index contributed by atoms with van der Waals surface area (Å²) in [7, 11) is 0. The molecule has 112 valence electrons. The molecule has 1 aromatic carbocycles. The van der Waals surface area contributed by atoms with Gasteiger partial charge in [0.2, 0.25) is 0 Å². The van der Waals surface area contributed by atoms with Crippen LogP contribution in [0.2, 0.25) is 0 Å². The quantitative estimate of drug-likeness (QED) is 0.549. The summed E-state index contributed by atoms with van der Waals surface area (Å²) in [4.78, 5) is 0. The van der Waals surface area contributed by atoms with Crippen LogP contribution in [-0.4, -0.2) is 58.1 Å². The Morgan fingerprint density at radius 1 is 1.25 bits per heavy atom. The zero-order valence-electron chi connectivity index (χ0n) is 10.6. The minimum absolute atomic E-state index is 0.0469. The Bertz CT molecular complexity index is 430. The Labute approximate surface area is 121 Å². The van der Waals surface area contributed by atoms with E-state index < -0.39 is 36.3 Å². The maximum absolute atomic E-state index is 9.91. The van der Waals surface area contributed by atoms with Crippen LogP contribution < -0.4 is 0 Å². The average molecular weight is 305 g/mol. The number of hydrogen-bond acceptors (Lipinski definition) is 6. The van der Waals surface area contributed by atoms with E-state index in [1.54, 1.807) is 24.3 Å². The summed E-state index contributed by atoms with van der Waals surface area (Å²) in [6.45, 7) is -0.717. The van der Waals surface area contributed by atoms with Crippen molar-refractivity contribution in [1.29, 1.82) is 0 Å². The Morgan fingerprint density at radius 2 is 1.90 bits per heavy atom. The molecule has 20 heavy (non-hydrogen) atoms. The van der Waals surface area contributed by atoms with Gasteiger partial charge in [0.25, 0.3) is 5.25 Å². The first-order valence-electron chi connectivity index (χ1n) is 6.19. The van der Waals surface area contributed by atoms with Gasteiger partial charge in [-0.25, -0.2) is 0 Å². The third-order valence-corrected chi connectivity index (χ3v) is 3.58. The van der Waals surface area contributed by atoms with Gasteiger partial charge in [0.1, 0.15) is 24.4 Å². The van der Waals surface area contributed by atoms with E-state index >= 15 is 0 Å². The minimum atomic E-state index is -1.55. The van der Waals surface area contributed by atoms with Crippen LogP contribution in [0.15, 0.2) is 30.3 Å². The van der Waals surface area contributed by atoms with Crippen LogP contribution in [0.3, 0.4) is 0 Å². The number of alkyl halides is 1. The van der Waals surface area contributed by atoms with Gasteiger partial charge in [-0.15, -0.1) is 0 Å². The van der Waals surface area contributed by atoms with Crippen molar-refractivity contribution in [3.8, 4) is 0 Å². The third-order valence-electron chi connectivity index (χ3n) is 3.17. The van der Waals surface area contributed by atoms with Crippen molar-refractivity contribution in [3.05, 3.63) is 35.9 Å². The molecule has 1 aliphatic heterocycles. The zero-order chi connectivity index (χ0) is 14.8. The molecule has 1 aliphatic rings. The SMILES string of the molecule is OC[C@@H](O)[C@@H](O)[C@H](O)[C@@H]1COC(Cl)(c2ccccc2)O1. The molecule has 7 heteroatoms. The number of rotatable bonds is 5. The van der Waals surface area contributed by atoms with Crippen molar-refractivity contribution >= 4 is 11.6 Å². The lowest BCUT2D eigenvalue weighted by atomic mass is 10.0. The first-order valence-corrected chi connectivity index (χ1v) is 6.57. The van der Waals surface area contributed by atoms with Gasteiger partial charge < -0.3 is 29.9 Å². The fourth-order valence-corrected chi connectivity index (χ4v) is 2.27. The van der Waals surface area contributed by atoms with Crippen molar-refractivity contribution in [3.63, 3.8) is 0 Å². The highest BCUT2D eigenvalue weighted by atomic mass is 35.5. The monoisotopic (exact) mass is 304 g/mol. The molecule has 1 unspecified atom stereocenters. The normalized spacial score (nSPS) is 30.9. The fourth-order valence-electron chi connectivity index (χ4n) is 1.96. The molecule has 1 saturated heterocycles. The highest BCUT2D eigenvalue weighted by Crippen LogP contribution is 2.39. The molecule has 0 spiro atoms. The standard InChI is InChI=1S/C13H17ClO6/c14-13(8-4-2-1-3-5-8)19-7-10(20-13)12(18)11(17)9(16)6-15/h1-5,9-12,15-18H,6-7H2/t9-,10+,11-,12-,13?/m1/s1. The molecule has 0 aromatic heterocycles. The molecule has 4 N–H and O–H groups in total. The molecular formula is C13H17ClO6. The summed E-state index contributed by atoms with van der Waals surface area (Å²) in [6, 6.07) is 8.76. The van der Waals surface area contributed by atoms with Gasteiger partial charge in [0.15, 0.2) is 0 Å². The second-order valence-corrected chi connectivity index (χ2v) is 5.10. The maximum Gasteiger partial charge on any atom is 0.276 e.